The molecule has 0 aliphatic heterocycles. The van der Waals surface area contributed by atoms with Gasteiger partial charge in [-0.2, -0.15) is 13.2 Å². The number of carbonyl (C=O) groups excluding carboxylic acids is 1. The van der Waals surface area contributed by atoms with Gasteiger partial charge in [0.15, 0.2) is 5.82 Å². The molecule has 1 aromatic carbocycles. The summed E-state index contributed by atoms with van der Waals surface area (Å²) in [6, 6.07) is 7.21. The molecular weight excluding hydrogens is 378 g/mol. The first-order valence-electron chi connectivity index (χ1n) is 8.32. The zero-order chi connectivity index (χ0) is 20.7. The molecule has 0 bridgehead atoms. The topological polar surface area (TPSA) is 66.6 Å². The van der Waals surface area contributed by atoms with E-state index in [9.17, 15) is 27.5 Å². The number of alkyl halides is 3. The van der Waals surface area contributed by atoms with Gasteiger partial charge in [-0.25, -0.2) is 8.91 Å². The van der Waals surface area contributed by atoms with Crippen molar-refractivity contribution in [1.29, 1.82) is 0 Å². The molecule has 2 aromatic heterocycles. The Morgan fingerprint density at radius 2 is 1.89 bits per heavy atom. The predicted molar refractivity (Wildman–Crippen MR) is 95.1 cm³/mol. The van der Waals surface area contributed by atoms with E-state index in [4.69, 9.17) is 0 Å². The molecule has 5 nitrogen and oxygen atoms in total. The summed E-state index contributed by atoms with van der Waals surface area (Å²) in [4.78, 5) is 12.2. The number of aromatic nitrogens is 2. The second-order valence-corrected chi connectivity index (χ2v) is 6.98. The van der Waals surface area contributed by atoms with E-state index in [0.29, 0.717) is 0 Å². The Labute approximate surface area is 157 Å². The number of pyridine rings is 1. The molecule has 0 aliphatic carbocycles. The van der Waals surface area contributed by atoms with Crippen molar-refractivity contribution < 1.29 is 27.5 Å². The van der Waals surface area contributed by atoms with Crippen LogP contribution in [0.4, 0.5) is 23.4 Å². The van der Waals surface area contributed by atoms with Crippen molar-refractivity contribution in [1.82, 2.24) is 9.61 Å². The highest BCUT2D eigenvalue weighted by Crippen LogP contribution is 2.37. The lowest BCUT2D eigenvalue weighted by atomic mass is 10.0. The highest BCUT2D eigenvalue weighted by molar-refractivity contribution is 5.99. The van der Waals surface area contributed by atoms with Crippen LogP contribution in [0.3, 0.4) is 0 Å². The van der Waals surface area contributed by atoms with E-state index in [1.807, 2.05) is 0 Å². The van der Waals surface area contributed by atoms with Crippen molar-refractivity contribution in [2.75, 3.05) is 5.32 Å². The van der Waals surface area contributed by atoms with Crippen LogP contribution < -0.4 is 5.32 Å². The Hall–Kier alpha value is -2.94. The predicted octanol–water partition coefficient (Wildman–Crippen LogP) is 4.26. The molecule has 0 atom stereocenters. The summed E-state index contributed by atoms with van der Waals surface area (Å²) in [5.74, 6) is -1.38. The van der Waals surface area contributed by atoms with Crippen molar-refractivity contribution in [2.45, 2.75) is 32.0 Å². The number of fused-ring (bicyclic) bond motifs is 1. The van der Waals surface area contributed by atoms with E-state index in [1.165, 1.54) is 32.0 Å². The molecular formula is C19H17F4N3O2. The van der Waals surface area contributed by atoms with Crippen LogP contribution in [0, 0.1) is 5.82 Å². The average Bonchev–Trinajstić information content (AvgIpc) is 2.89. The van der Waals surface area contributed by atoms with E-state index < -0.39 is 29.1 Å². The third kappa shape index (κ3) is 4.14. The van der Waals surface area contributed by atoms with Gasteiger partial charge in [0.05, 0.1) is 28.7 Å². The maximum atomic E-state index is 14.4. The SMILES string of the molecule is CC(C)(O)CC(=O)Nc1nn2ccc(C(F)(F)F)cc2c1-c1ccccc1F. The lowest BCUT2D eigenvalue weighted by Gasteiger charge is -2.16. The fourth-order valence-electron chi connectivity index (χ4n) is 2.81. The number of nitrogens with zero attached hydrogens (tertiary/aromatic N) is 2. The van der Waals surface area contributed by atoms with E-state index in [1.54, 1.807) is 0 Å². The maximum Gasteiger partial charge on any atom is 0.416 e. The number of rotatable bonds is 4. The van der Waals surface area contributed by atoms with Crippen LogP contribution in [0.15, 0.2) is 42.6 Å². The van der Waals surface area contributed by atoms with Crippen molar-refractivity contribution in [3.8, 4) is 11.1 Å². The maximum absolute atomic E-state index is 14.4. The lowest BCUT2D eigenvalue weighted by Crippen LogP contribution is -2.27. The number of benzene rings is 1. The van der Waals surface area contributed by atoms with Gasteiger partial charge < -0.3 is 10.4 Å². The number of amides is 1. The molecule has 2 heterocycles. The van der Waals surface area contributed by atoms with Gasteiger partial charge in [-0.05, 0) is 32.0 Å². The second kappa shape index (κ2) is 6.90. The summed E-state index contributed by atoms with van der Waals surface area (Å²) < 4.78 is 54.9. The number of hydrogen-bond acceptors (Lipinski definition) is 3. The highest BCUT2D eigenvalue weighted by atomic mass is 19.4. The summed E-state index contributed by atoms with van der Waals surface area (Å²) in [5, 5.41) is 16.3. The van der Waals surface area contributed by atoms with Crippen LogP contribution in [-0.4, -0.2) is 26.2 Å². The first-order chi connectivity index (χ1) is 13.0. The molecule has 0 spiro atoms. The molecule has 28 heavy (non-hydrogen) atoms. The molecule has 1 amide bonds. The highest BCUT2D eigenvalue weighted by Gasteiger charge is 2.32. The van der Waals surface area contributed by atoms with Gasteiger partial charge in [0, 0.05) is 11.8 Å². The molecule has 2 N–H and O–H groups in total. The molecule has 0 radical (unpaired) electrons. The third-order valence-corrected chi connectivity index (χ3v) is 3.96. The monoisotopic (exact) mass is 395 g/mol. The van der Waals surface area contributed by atoms with Crippen LogP contribution in [0.1, 0.15) is 25.8 Å². The number of anilines is 1. The Morgan fingerprint density at radius 3 is 2.50 bits per heavy atom. The summed E-state index contributed by atoms with van der Waals surface area (Å²) >= 11 is 0. The molecule has 0 fully saturated rings. The molecule has 0 unspecified atom stereocenters. The molecule has 9 heteroatoms. The first-order valence-corrected chi connectivity index (χ1v) is 8.32. The third-order valence-electron chi connectivity index (χ3n) is 3.96. The second-order valence-electron chi connectivity index (χ2n) is 6.98. The Bertz CT molecular complexity index is 1040. The van der Waals surface area contributed by atoms with Crippen LogP contribution in [-0.2, 0) is 11.0 Å². The minimum atomic E-state index is -4.59. The van der Waals surface area contributed by atoms with Crippen LogP contribution in [0.25, 0.3) is 16.6 Å². The van der Waals surface area contributed by atoms with Gasteiger partial charge in [-0.1, -0.05) is 18.2 Å². The number of hydrogen-bond donors (Lipinski definition) is 2. The van der Waals surface area contributed by atoms with Crippen LogP contribution >= 0.6 is 0 Å². The van der Waals surface area contributed by atoms with E-state index in [2.05, 4.69) is 10.4 Å². The van der Waals surface area contributed by atoms with E-state index >= 15 is 0 Å². The number of halogens is 4. The quantitative estimate of drug-likeness (QED) is 0.649. The zero-order valence-corrected chi connectivity index (χ0v) is 15.0. The fraction of sp³-hybridized carbons (Fsp3) is 0.263. The summed E-state index contributed by atoms with van der Waals surface area (Å²) in [7, 11) is 0. The number of aliphatic hydroxyl groups is 1. The van der Waals surface area contributed by atoms with Gasteiger partial charge in [-0.3, -0.25) is 4.79 Å². The van der Waals surface area contributed by atoms with Crippen molar-refractivity contribution in [3.05, 3.63) is 54.0 Å². The van der Waals surface area contributed by atoms with Crippen molar-refractivity contribution >= 4 is 17.2 Å². The zero-order valence-electron chi connectivity index (χ0n) is 15.0. The Morgan fingerprint density at radius 1 is 1.21 bits per heavy atom. The average molecular weight is 395 g/mol. The standard InChI is InChI=1S/C19H17F4N3O2/c1-18(2,28)10-15(27)24-17-16(12-5-3-4-6-13(12)20)14-9-11(19(21,22)23)7-8-26(14)25-17/h3-9,28H,10H2,1-2H3,(H,24,25,27). The Balaban J connectivity index is 2.19. The minimum absolute atomic E-state index is 0.00427. The number of carbonyl (C=O) groups is 1. The Kier molecular flexibility index (Phi) is 4.88. The normalized spacial score (nSPS) is 12.4. The molecule has 3 aromatic rings. The van der Waals surface area contributed by atoms with E-state index in [0.717, 1.165) is 28.9 Å². The molecule has 148 valence electrons. The minimum Gasteiger partial charge on any atom is -0.390 e. The van der Waals surface area contributed by atoms with Crippen LogP contribution in [0.5, 0.6) is 0 Å². The van der Waals surface area contributed by atoms with Gasteiger partial charge in [0.1, 0.15) is 5.82 Å². The van der Waals surface area contributed by atoms with Gasteiger partial charge in [0.2, 0.25) is 5.91 Å². The molecule has 0 aliphatic rings. The fourth-order valence-corrected chi connectivity index (χ4v) is 2.81. The van der Waals surface area contributed by atoms with Crippen molar-refractivity contribution in [3.63, 3.8) is 0 Å². The lowest BCUT2D eigenvalue weighted by molar-refractivity contribution is -0.137. The van der Waals surface area contributed by atoms with Crippen LogP contribution in [0.2, 0.25) is 0 Å². The van der Waals surface area contributed by atoms with Gasteiger partial charge >= 0.3 is 6.18 Å². The van der Waals surface area contributed by atoms with E-state index in [-0.39, 0.29) is 28.9 Å². The van der Waals surface area contributed by atoms with Crippen molar-refractivity contribution in [2.24, 2.45) is 0 Å². The largest absolute Gasteiger partial charge is 0.416 e. The smallest absolute Gasteiger partial charge is 0.390 e. The molecule has 3 rings (SSSR count). The molecule has 0 saturated heterocycles. The number of nitrogens with one attached hydrogen (secondary N) is 1. The summed E-state index contributed by atoms with van der Waals surface area (Å²) in [5.41, 5.74) is -2.22. The van der Waals surface area contributed by atoms with Gasteiger partial charge in [-0.15, -0.1) is 5.10 Å². The first kappa shape index (κ1) is 19.8. The molecule has 0 saturated carbocycles. The summed E-state index contributed by atoms with van der Waals surface area (Å²) in [6.45, 7) is 2.87. The van der Waals surface area contributed by atoms with Gasteiger partial charge in [0.25, 0.3) is 0 Å². The summed E-state index contributed by atoms with van der Waals surface area (Å²) in [6.07, 6.45) is -3.78.